The smallest absolute Gasteiger partial charge is 0.416 e. The van der Waals surface area contributed by atoms with Gasteiger partial charge in [-0.3, -0.25) is 0 Å². The Kier molecular flexibility index (Phi) is 5.14. The van der Waals surface area contributed by atoms with Gasteiger partial charge < -0.3 is 4.74 Å². The number of alkyl halides is 3. The largest absolute Gasteiger partial charge is 0.481 e. The van der Waals surface area contributed by atoms with Crippen LogP contribution in [0.4, 0.5) is 13.2 Å². The Hall–Kier alpha value is -2.13. The summed E-state index contributed by atoms with van der Waals surface area (Å²) in [7, 11) is -2.67. The summed E-state index contributed by atoms with van der Waals surface area (Å²) in [4.78, 5) is 3.44. The number of sulfonamides is 1. The van der Waals surface area contributed by atoms with Gasteiger partial charge in [-0.2, -0.15) is 13.2 Å². The Morgan fingerprint density at radius 1 is 1.21 bits per heavy atom. The highest BCUT2D eigenvalue weighted by Crippen LogP contribution is 2.33. The van der Waals surface area contributed by atoms with Gasteiger partial charge in [-0.25, -0.2) is 18.1 Å². The van der Waals surface area contributed by atoms with E-state index < -0.39 is 26.7 Å². The van der Waals surface area contributed by atoms with Crippen molar-refractivity contribution in [1.82, 2.24) is 9.71 Å². The predicted octanol–water partition coefficient (Wildman–Crippen LogP) is 2.90. The van der Waals surface area contributed by atoms with E-state index in [1.54, 1.807) is 6.07 Å². The summed E-state index contributed by atoms with van der Waals surface area (Å²) in [5.74, 6) is 0.307. The van der Waals surface area contributed by atoms with Gasteiger partial charge in [-0.1, -0.05) is 6.07 Å². The number of nitrogens with zero attached hydrogens (tertiary/aromatic N) is 1. The van der Waals surface area contributed by atoms with Crippen LogP contribution in [-0.2, 0) is 22.7 Å². The van der Waals surface area contributed by atoms with Gasteiger partial charge in [0, 0.05) is 18.8 Å². The lowest BCUT2D eigenvalue weighted by atomic mass is 10.1. The minimum atomic E-state index is -4.62. The van der Waals surface area contributed by atoms with Gasteiger partial charge in [0.25, 0.3) is 0 Å². The van der Waals surface area contributed by atoms with Gasteiger partial charge in [0.15, 0.2) is 0 Å². The van der Waals surface area contributed by atoms with Gasteiger partial charge in [0.2, 0.25) is 15.9 Å². The summed E-state index contributed by atoms with van der Waals surface area (Å²) in [6, 6.07) is 6.00. The number of hydrogen-bond donors (Lipinski definition) is 1. The van der Waals surface area contributed by atoms with Crippen LogP contribution < -0.4 is 9.46 Å². The van der Waals surface area contributed by atoms with Crippen LogP contribution in [0.15, 0.2) is 41.4 Å². The fraction of sp³-hybridized carbons (Fsp3) is 0.267. The minimum Gasteiger partial charge on any atom is -0.481 e. The molecule has 1 N–H and O–H groups in total. The lowest BCUT2D eigenvalue weighted by Gasteiger charge is -2.13. The molecule has 0 bridgehead atoms. The normalized spacial score (nSPS) is 12.2. The van der Waals surface area contributed by atoms with Crippen LogP contribution in [0.2, 0.25) is 0 Å². The van der Waals surface area contributed by atoms with Crippen LogP contribution >= 0.6 is 0 Å². The summed E-state index contributed by atoms with van der Waals surface area (Å²) in [6.07, 6.45) is -3.18. The molecule has 0 aliphatic rings. The first-order chi connectivity index (χ1) is 11.1. The summed E-state index contributed by atoms with van der Waals surface area (Å²) in [5.41, 5.74) is -0.454. The van der Waals surface area contributed by atoms with E-state index in [0.717, 1.165) is 12.1 Å². The average molecular weight is 360 g/mol. The molecule has 0 fully saturated rings. The van der Waals surface area contributed by atoms with Gasteiger partial charge in [0.1, 0.15) is 0 Å². The molecule has 1 heterocycles. The minimum absolute atomic E-state index is 0.0414. The molecule has 0 radical (unpaired) electrons. The quantitative estimate of drug-likeness (QED) is 0.890. The Balaban J connectivity index is 2.24. The van der Waals surface area contributed by atoms with Crippen molar-refractivity contribution >= 4 is 10.0 Å². The number of pyridine rings is 1. The van der Waals surface area contributed by atoms with E-state index in [-0.39, 0.29) is 12.1 Å². The third-order valence-corrected chi connectivity index (χ3v) is 4.70. The molecular formula is C15H15F3N2O3S. The van der Waals surface area contributed by atoms with Crippen molar-refractivity contribution < 1.29 is 26.3 Å². The SMILES string of the molecule is COc1cc(CNS(=O)(=O)c2ccc(C)c(C(F)(F)F)c2)ccn1. The van der Waals surface area contributed by atoms with Crippen molar-refractivity contribution in [2.45, 2.75) is 24.5 Å². The van der Waals surface area contributed by atoms with Crippen LogP contribution in [0, 0.1) is 6.92 Å². The molecule has 24 heavy (non-hydrogen) atoms. The molecule has 0 aliphatic carbocycles. The molecule has 0 amide bonds. The summed E-state index contributed by atoms with van der Waals surface area (Å²) in [6.45, 7) is 1.17. The summed E-state index contributed by atoms with van der Waals surface area (Å²) >= 11 is 0. The topological polar surface area (TPSA) is 68.3 Å². The van der Waals surface area contributed by atoms with E-state index in [9.17, 15) is 21.6 Å². The average Bonchev–Trinajstić information content (AvgIpc) is 2.52. The molecule has 0 atom stereocenters. The fourth-order valence-electron chi connectivity index (χ4n) is 2.01. The second kappa shape index (κ2) is 6.78. The first kappa shape index (κ1) is 18.2. The maximum atomic E-state index is 12.9. The fourth-order valence-corrected chi connectivity index (χ4v) is 3.05. The van der Waals surface area contributed by atoms with Crippen LogP contribution in [0.5, 0.6) is 5.88 Å². The number of rotatable bonds is 5. The Morgan fingerprint density at radius 2 is 1.92 bits per heavy atom. The van der Waals surface area contributed by atoms with E-state index in [0.29, 0.717) is 17.5 Å². The van der Waals surface area contributed by atoms with Gasteiger partial charge in [-0.15, -0.1) is 0 Å². The first-order valence-corrected chi connectivity index (χ1v) is 8.28. The Labute approximate surface area is 137 Å². The molecular weight excluding hydrogens is 345 g/mol. The summed E-state index contributed by atoms with van der Waals surface area (Å²) in [5, 5.41) is 0. The number of hydrogen-bond acceptors (Lipinski definition) is 4. The molecule has 2 rings (SSSR count). The van der Waals surface area contributed by atoms with Gasteiger partial charge in [0.05, 0.1) is 17.6 Å². The molecule has 0 saturated heterocycles. The molecule has 0 saturated carbocycles. The van der Waals surface area contributed by atoms with Crippen LogP contribution in [0.3, 0.4) is 0 Å². The van der Waals surface area contributed by atoms with Crippen molar-refractivity contribution in [3.63, 3.8) is 0 Å². The second-order valence-electron chi connectivity index (χ2n) is 5.01. The van der Waals surface area contributed by atoms with E-state index in [1.807, 2.05) is 0 Å². The number of aryl methyl sites for hydroxylation is 1. The maximum absolute atomic E-state index is 12.9. The van der Waals surface area contributed by atoms with Crippen molar-refractivity contribution in [1.29, 1.82) is 0 Å². The number of nitrogens with one attached hydrogen (secondary N) is 1. The highest BCUT2D eigenvalue weighted by molar-refractivity contribution is 7.89. The highest BCUT2D eigenvalue weighted by Gasteiger charge is 2.33. The lowest BCUT2D eigenvalue weighted by Crippen LogP contribution is -2.24. The predicted molar refractivity (Wildman–Crippen MR) is 81.0 cm³/mol. The van der Waals surface area contributed by atoms with Gasteiger partial charge in [-0.05, 0) is 36.2 Å². The standard InChI is InChI=1S/C15H15F3N2O3S/c1-10-3-4-12(8-13(10)15(16,17)18)24(21,22)20-9-11-5-6-19-14(7-11)23-2/h3-8,20H,9H2,1-2H3. The number of benzene rings is 1. The van der Waals surface area contributed by atoms with Crippen molar-refractivity contribution in [2.24, 2.45) is 0 Å². The van der Waals surface area contributed by atoms with Crippen molar-refractivity contribution in [2.75, 3.05) is 7.11 Å². The zero-order valence-electron chi connectivity index (χ0n) is 12.9. The molecule has 0 spiro atoms. The summed E-state index contributed by atoms with van der Waals surface area (Å²) < 4.78 is 70.4. The molecule has 1 aromatic carbocycles. The molecule has 2 aromatic rings. The zero-order valence-corrected chi connectivity index (χ0v) is 13.7. The molecule has 5 nitrogen and oxygen atoms in total. The first-order valence-electron chi connectivity index (χ1n) is 6.80. The maximum Gasteiger partial charge on any atom is 0.416 e. The van der Waals surface area contributed by atoms with Gasteiger partial charge >= 0.3 is 6.18 Å². The van der Waals surface area contributed by atoms with E-state index >= 15 is 0 Å². The zero-order chi connectivity index (χ0) is 18.0. The number of ether oxygens (including phenoxy) is 1. The Morgan fingerprint density at radius 3 is 2.54 bits per heavy atom. The van der Waals surface area contributed by atoms with E-state index in [1.165, 1.54) is 26.3 Å². The molecule has 0 aliphatic heterocycles. The number of aromatic nitrogens is 1. The van der Waals surface area contributed by atoms with Crippen molar-refractivity contribution in [3.05, 3.63) is 53.2 Å². The second-order valence-corrected chi connectivity index (χ2v) is 6.77. The molecule has 1 aromatic heterocycles. The monoisotopic (exact) mass is 360 g/mol. The Bertz CT molecular complexity index is 836. The highest BCUT2D eigenvalue weighted by atomic mass is 32.2. The van der Waals surface area contributed by atoms with E-state index in [4.69, 9.17) is 4.74 Å². The van der Waals surface area contributed by atoms with Crippen LogP contribution in [0.25, 0.3) is 0 Å². The lowest BCUT2D eigenvalue weighted by molar-refractivity contribution is -0.138. The molecule has 9 heteroatoms. The van der Waals surface area contributed by atoms with E-state index in [2.05, 4.69) is 9.71 Å². The number of methoxy groups -OCH3 is 1. The third kappa shape index (κ3) is 4.24. The molecule has 130 valence electrons. The van der Waals surface area contributed by atoms with Crippen LogP contribution in [-0.4, -0.2) is 20.5 Å². The number of halogens is 3. The third-order valence-electron chi connectivity index (χ3n) is 3.30. The van der Waals surface area contributed by atoms with Crippen LogP contribution in [0.1, 0.15) is 16.7 Å². The molecule has 0 unspecified atom stereocenters. The van der Waals surface area contributed by atoms with Crippen molar-refractivity contribution in [3.8, 4) is 5.88 Å².